The molecule has 3 unspecified atom stereocenters. The molecule has 2 aliphatic heterocycles. The minimum Gasteiger partial charge on any atom is -0.479 e. The summed E-state index contributed by atoms with van der Waals surface area (Å²) in [6.07, 6.45) is -1.07. The predicted molar refractivity (Wildman–Crippen MR) is 155 cm³/mol. The van der Waals surface area contributed by atoms with Crippen LogP contribution in [0.5, 0.6) is 11.6 Å². The molecule has 0 saturated carbocycles. The fraction of sp³-hybridized carbons (Fsp3) is 0.586. The van der Waals surface area contributed by atoms with Crippen LogP contribution < -0.4 is 9.26 Å². The molecule has 3 aromatic rings. The SMILES string of the molecule is COc1nc(C)nc2c1ncn2C1OC(COP(=O)(C[C@@H](C)C(=O)OCC(C)(C)C)Oc2ccccc2)[C@@H](O)[C@]12CCO2. The molecular formula is C29H39N4O9P. The summed E-state index contributed by atoms with van der Waals surface area (Å²) in [6, 6.07) is 8.57. The van der Waals surface area contributed by atoms with E-state index in [9.17, 15) is 14.5 Å². The Balaban J connectivity index is 1.36. The Morgan fingerprint density at radius 1 is 1.26 bits per heavy atom. The van der Waals surface area contributed by atoms with Crippen LogP contribution in [0.4, 0.5) is 0 Å². The molecule has 2 aliphatic rings. The maximum atomic E-state index is 14.1. The number of ether oxygens (including phenoxy) is 4. The lowest BCUT2D eigenvalue weighted by Crippen LogP contribution is -2.56. The highest BCUT2D eigenvalue weighted by Crippen LogP contribution is 2.53. The number of hydrogen-bond acceptors (Lipinski definition) is 12. The molecule has 5 rings (SSSR count). The molecule has 4 heterocycles. The number of fused-ring (bicyclic) bond motifs is 1. The largest absolute Gasteiger partial charge is 0.479 e. The number of imidazole rings is 1. The summed E-state index contributed by atoms with van der Waals surface area (Å²) in [4.78, 5) is 26.0. The second-order valence-electron chi connectivity index (χ2n) is 12.2. The zero-order valence-electron chi connectivity index (χ0n) is 25.3. The Bertz CT molecular complexity index is 1490. The molecule has 2 fully saturated rings. The zero-order chi connectivity index (χ0) is 31.0. The number of nitrogens with zero attached hydrogens (tertiary/aromatic N) is 4. The Morgan fingerprint density at radius 2 is 1.98 bits per heavy atom. The molecule has 0 aliphatic carbocycles. The van der Waals surface area contributed by atoms with Gasteiger partial charge in [-0.3, -0.25) is 13.9 Å². The second-order valence-corrected chi connectivity index (χ2v) is 14.2. The third-order valence-electron chi connectivity index (χ3n) is 7.36. The van der Waals surface area contributed by atoms with Gasteiger partial charge >= 0.3 is 13.6 Å². The molecule has 0 amide bonds. The van der Waals surface area contributed by atoms with Gasteiger partial charge in [-0.2, -0.15) is 4.98 Å². The van der Waals surface area contributed by atoms with Gasteiger partial charge in [-0.15, -0.1) is 0 Å². The van der Waals surface area contributed by atoms with Crippen molar-refractivity contribution in [3.8, 4) is 11.6 Å². The molecule has 14 heteroatoms. The smallest absolute Gasteiger partial charge is 0.380 e. The van der Waals surface area contributed by atoms with Gasteiger partial charge in [0.05, 0.1) is 45.3 Å². The lowest BCUT2D eigenvalue weighted by Gasteiger charge is -2.44. The Hall–Kier alpha value is -3.09. The number of esters is 1. The molecule has 2 saturated heterocycles. The number of methoxy groups -OCH3 is 1. The van der Waals surface area contributed by atoms with E-state index in [-0.39, 0.29) is 24.8 Å². The van der Waals surface area contributed by atoms with Gasteiger partial charge in [0.15, 0.2) is 17.4 Å². The van der Waals surface area contributed by atoms with E-state index in [0.29, 0.717) is 41.6 Å². The topological polar surface area (TPSA) is 153 Å². The molecule has 1 N–H and O–H groups in total. The lowest BCUT2D eigenvalue weighted by molar-refractivity contribution is -0.225. The molecule has 43 heavy (non-hydrogen) atoms. The first kappa shape index (κ1) is 31.3. The quantitative estimate of drug-likeness (QED) is 0.243. The van der Waals surface area contributed by atoms with Crippen LogP contribution in [0.1, 0.15) is 46.2 Å². The summed E-state index contributed by atoms with van der Waals surface area (Å²) in [6.45, 7) is 9.56. The van der Waals surface area contributed by atoms with Crippen molar-refractivity contribution in [1.82, 2.24) is 19.5 Å². The first-order valence-electron chi connectivity index (χ1n) is 14.2. The molecule has 0 radical (unpaired) electrons. The van der Waals surface area contributed by atoms with Crippen LogP contribution in [0.25, 0.3) is 11.2 Å². The average molecular weight is 619 g/mol. The lowest BCUT2D eigenvalue weighted by atomic mass is 9.86. The summed E-state index contributed by atoms with van der Waals surface area (Å²) in [7, 11) is -2.45. The summed E-state index contributed by atoms with van der Waals surface area (Å²) in [5.74, 6) is -0.177. The normalized spacial score (nSPS) is 25.7. The van der Waals surface area contributed by atoms with Gasteiger partial charge in [0, 0.05) is 6.42 Å². The van der Waals surface area contributed by atoms with Crippen LogP contribution in [0.15, 0.2) is 36.7 Å². The zero-order valence-corrected chi connectivity index (χ0v) is 26.2. The van der Waals surface area contributed by atoms with Crippen molar-refractivity contribution in [2.24, 2.45) is 11.3 Å². The van der Waals surface area contributed by atoms with Gasteiger partial charge in [-0.05, 0) is 24.5 Å². The van der Waals surface area contributed by atoms with E-state index < -0.39 is 43.5 Å². The van der Waals surface area contributed by atoms with E-state index in [1.165, 1.54) is 7.11 Å². The Kier molecular flexibility index (Phi) is 8.84. The fourth-order valence-corrected chi connectivity index (χ4v) is 6.98. The van der Waals surface area contributed by atoms with E-state index in [2.05, 4.69) is 15.0 Å². The van der Waals surface area contributed by atoms with Gasteiger partial charge < -0.3 is 28.6 Å². The van der Waals surface area contributed by atoms with Crippen LogP contribution in [0.2, 0.25) is 0 Å². The van der Waals surface area contributed by atoms with Crippen molar-refractivity contribution in [2.45, 2.75) is 65.1 Å². The van der Waals surface area contributed by atoms with Crippen molar-refractivity contribution in [3.05, 3.63) is 42.5 Å². The maximum absolute atomic E-state index is 14.1. The maximum Gasteiger partial charge on any atom is 0.380 e. The second kappa shape index (κ2) is 12.1. The van der Waals surface area contributed by atoms with Gasteiger partial charge in [0.1, 0.15) is 29.4 Å². The van der Waals surface area contributed by atoms with Crippen LogP contribution in [0, 0.1) is 18.3 Å². The summed E-state index contributed by atoms with van der Waals surface area (Å²) in [5, 5.41) is 11.4. The third-order valence-corrected chi connectivity index (χ3v) is 9.38. The average Bonchev–Trinajstić information content (AvgIpc) is 3.48. The monoisotopic (exact) mass is 618 g/mol. The first-order chi connectivity index (χ1) is 20.3. The molecule has 234 valence electrons. The van der Waals surface area contributed by atoms with Crippen molar-refractivity contribution < 1.29 is 42.5 Å². The molecule has 2 aromatic heterocycles. The number of benzene rings is 1. The minimum absolute atomic E-state index is 0.214. The van der Waals surface area contributed by atoms with Gasteiger partial charge in [0.2, 0.25) is 5.88 Å². The van der Waals surface area contributed by atoms with Crippen molar-refractivity contribution >= 4 is 24.7 Å². The molecular weight excluding hydrogens is 579 g/mol. The number of rotatable bonds is 11. The van der Waals surface area contributed by atoms with Crippen LogP contribution in [-0.4, -0.2) is 81.5 Å². The highest BCUT2D eigenvalue weighted by Gasteiger charge is 2.62. The number of aliphatic hydroxyl groups excluding tert-OH is 1. The molecule has 0 bridgehead atoms. The standard InChI is InChI=1S/C29H39N4O9P/c1-18(26(35)38-16-28(3,4)5)15-43(36,42-20-10-8-7-9-11-20)40-14-21-23(34)29(12-13-39-29)27(41-21)33-17-30-22-24(33)31-19(2)32-25(22)37-6/h7-11,17-18,21,23,27,34H,12-16H2,1-6H3/t18-,21?,23-,27?,29-,43?/m1/s1. The summed E-state index contributed by atoms with van der Waals surface area (Å²) >= 11 is 0. The highest BCUT2D eigenvalue weighted by molar-refractivity contribution is 7.54. The number of carbonyl (C=O) groups excluding carboxylic acids is 1. The fourth-order valence-electron chi connectivity index (χ4n) is 5.11. The highest BCUT2D eigenvalue weighted by atomic mass is 31.2. The Morgan fingerprint density at radius 3 is 2.60 bits per heavy atom. The minimum atomic E-state index is -3.95. The van der Waals surface area contributed by atoms with Crippen molar-refractivity contribution in [1.29, 1.82) is 0 Å². The molecule has 6 atom stereocenters. The Labute approximate surface area is 250 Å². The van der Waals surface area contributed by atoms with E-state index in [1.54, 1.807) is 55.1 Å². The third kappa shape index (κ3) is 6.56. The van der Waals surface area contributed by atoms with Crippen molar-refractivity contribution in [3.63, 3.8) is 0 Å². The molecule has 1 spiro atoms. The number of hydrogen-bond donors (Lipinski definition) is 1. The van der Waals surface area contributed by atoms with E-state index in [0.717, 1.165) is 0 Å². The number of para-hydroxylation sites is 1. The number of carbonyl (C=O) groups is 1. The van der Waals surface area contributed by atoms with Crippen molar-refractivity contribution in [2.75, 3.05) is 33.1 Å². The summed E-state index contributed by atoms with van der Waals surface area (Å²) in [5.41, 5.74) is -0.423. The van der Waals surface area contributed by atoms with Gasteiger partial charge in [-0.1, -0.05) is 45.9 Å². The number of aliphatic hydroxyl groups is 1. The van der Waals surface area contributed by atoms with Crippen LogP contribution >= 0.6 is 7.60 Å². The summed E-state index contributed by atoms with van der Waals surface area (Å²) < 4.78 is 50.7. The van der Waals surface area contributed by atoms with Gasteiger partial charge in [-0.25, -0.2) is 14.5 Å². The van der Waals surface area contributed by atoms with Gasteiger partial charge in [0.25, 0.3) is 0 Å². The van der Waals surface area contributed by atoms with E-state index in [4.69, 9.17) is 28.0 Å². The number of aromatic nitrogens is 4. The van der Waals surface area contributed by atoms with Crippen LogP contribution in [-0.2, 0) is 28.1 Å². The first-order valence-corrected chi connectivity index (χ1v) is 15.9. The number of aryl methyl sites for hydroxylation is 1. The molecule has 13 nitrogen and oxygen atoms in total. The predicted octanol–water partition coefficient (Wildman–Crippen LogP) is 4.07. The van der Waals surface area contributed by atoms with E-state index in [1.807, 2.05) is 20.8 Å². The molecule has 1 aromatic carbocycles. The van der Waals surface area contributed by atoms with Crippen LogP contribution in [0.3, 0.4) is 0 Å². The van der Waals surface area contributed by atoms with E-state index >= 15 is 0 Å².